The van der Waals surface area contributed by atoms with Crippen LogP contribution in [0.15, 0.2) is 70.5 Å². The number of hydrogen-bond donors (Lipinski definition) is 1. The second-order valence-electron chi connectivity index (χ2n) is 7.10. The van der Waals surface area contributed by atoms with Gasteiger partial charge in [-0.2, -0.15) is 0 Å². The normalized spacial score (nSPS) is 10.5. The third-order valence-corrected chi connectivity index (χ3v) is 5.51. The van der Waals surface area contributed by atoms with E-state index in [1.165, 1.54) is 17.4 Å². The highest BCUT2D eigenvalue weighted by Crippen LogP contribution is 2.35. The molecule has 0 fully saturated rings. The van der Waals surface area contributed by atoms with E-state index in [0.717, 1.165) is 5.56 Å². The molecular weight excluding hydrogens is 472 g/mol. The van der Waals surface area contributed by atoms with E-state index in [1.54, 1.807) is 43.9 Å². The number of methoxy groups -OCH3 is 2. The van der Waals surface area contributed by atoms with Crippen molar-refractivity contribution in [2.24, 2.45) is 0 Å². The Morgan fingerprint density at radius 2 is 1.83 bits per heavy atom. The summed E-state index contributed by atoms with van der Waals surface area (Å²) in [4.78, 5) is 28.9. The van der Waals surface area contributed by atoms with Crippen molar-refractivity contribution in [3.05, 3.63) is 77.6 Å². The molecule has 0 aliphatic carbocycles. The summed E-state index contributed by atoms with van der Waals surface area (Å²) < 4.78 is 26.7. The number of thiazole rings is 1. The quantitative estimate of drug-likeness (QED) is 0.313. The zero-order chi connectivity index (χ0) is 24.6. The molecule has 0 atom stereocenters. The standard InChI is InChI=1S/C25H22N2O7S/c1-30-17-8-10-21(31-2)19(12-17)20-15-35-25(26-20)27-23(28)14-33-24(29)22-11-9-18(34-22)13-32-16-6-4-3-5-7-16/h3-12,15H,13-14H2,1-2H3,(H,26,27,28). The van der Waals surface area contributed by atoms with Crippen molar-refractivity contribution in [2.45, 2.75) is 6.61 Å². The number of carbonyl (C=O) groups excluding carboxylic acids is 2. The summed E-state index contributed by atoms with van der Waals surface area (Å²) in [5, 5.41) is 4.75. The molecule has 2 aromatic carbocycles. The van der Waals surface area contributed by atoms with E-state index >= 15 is 0 Å². The van der Waals surface area contributed by atoms with Crippen LogP contribution in [0.4, 0.5) is 5.13 Å². The van der Waals surface area contributed by atoms with Gasteiger partial charge in [-0.1, -0.05) is 18.2 Å². The lowest BCUT2D eigenvalue weighted by atomic mass is 10.1. The smallest absolute Gasteiger partial charge is 0.374 e. The van der Waals surface area contributed by atoms with Crippen LogP contribution in [-0.4, -0.2) is 37.7 Å². The Hall–Kier alpha value is -4.31. The zero-order valence-corrected chi connectivity index (χ0v) is 19.8. The van der Waals surface area contributed by atoms with Gasteiger partial charge in [-0.25, -0.2) is 9.78 Å². The number of furan rings is 1. The van der Waals surface area contributed by atoms with Crippen LogP contribution in [0.5, 0.6) is 17.2 Å². The molecule has 4 rings (SSSR count). The maximum Gasteiger partial charge on any atom is 0.374 e. The summed E-state index contributed by atoms with van der Waals surface area (Å²) in [6.07, 6.45) is 0. The molecule has 9 nitrogen and oxygen atoms in total. The fourth-order valence-corrected chi connectivity index (χ4v) is 3.79. The molecule has 0 aliphatic heterocycles. The van der Waals surface area contributed by atoms with Crippen molar-refractivity contribution in [2.75, 3.05) is 26.1 Å². The van der Waals surface area contributed by atoms with E-state index in [4.69, 9.17) is 23.4 Å². The second kappa shape index (κ2) is 11.2. The van der Waals surface area contributed by atoms with Crippen molar-refractivity contribution < 1.29 is 33.0 Å². The number of nitrogens with zero attached hydrogens (tertiary/aromatic N) is 1. The first kappa shape index (κ1) is 23.8. The minimum atomic E-state index is -0.757. The van der Waals surface area contributed by atoms with E-state index < -0.39 is 18.5 Å². The molecule has 2 aromatic heterocycles. The number of hydrogen-bond acceptors (Lipinski definition) is 9. The minimum Gasteiger partial charge on any atom is -0.497 e. The number of ether oxygens (including phenoxy) is 4. The number of nitrogens with one attached hydrogen (secondary N) is 1. The van der Waals surface area contributed by atoms with Crippen molar-refractivity contribution in [1.82, 2.24) is 4.98 Å². The lowest BCUT2D eigenvalue weighted by Crippen LogP contribution is -2.20. The van der Waals surface area contributed by atoms with Crippen LogP contribution in [0, 0.1) is 0 Å². The molecule has 180 valence electrons. The van der Waals surface area contributed by atoms with Gasteiger partial charge in [-0.3, -0.25) is 10.1 Å². The molecule has 0 saturated carbocycles. The number of rotatable bonds is 10. The first-order chi connectivity index (χ1) is 17.1. The van der Waals surface area contributed by atoms with Gasteiger partial charge < -0.3 is 23.4 Å². The van der Waals surface area contributed by atoms with Gasteiger partial charge in [-0.15, -0.1) is 11.3 Å². The molecule has 0 spiro atoms. The molecule has 0 saturated heterocycles. The summed E-state index contributed by atoms with van der Waals surface area (Å²) in [6, 6.07) is 17.7. The van der Waals surface area contributed by atoms with E-state index in [-0.39, 0.29) is 12.4 Å². The predicted octanol–water partition coefficient (Wildman–Crippen LogP) is 4.79. The molecule has 0 unspecified atom stereocenters. The first-order valence-electron chi connectivity index (χ1n) is 10.5. The predicted molar refractivity (Wildman–Crippen MR) is 129 cm³/mol. The van der Waals surface area contributed by atoms with E-state index in [1.807, 2.05) is 30.3 Å². The molecule has 2 heterocycles. The van der Waals surface area contributed by atoms with Crippen molar-refractivity contribution in [3.63, 3.8) is 0 Å². The molecule has 4 aromatic rings. The Morgan fingerprint density at radius 1 is 1.00 bits per heavy atom. The topological polar surface area (TPSA) is 109 Å². The van der Waals surface area contributed by atoms with Crippen LogP contribution in [0.3, 0.4) is 0 Å². The van der Waals surface area contributed by atoms with Crippen molar-refractivity contribution >= 4 is 28.3 Å². The third kappa shape index (κ3) is 6.18. The fraction of sp³-hybridized carbons (Fsp3) is 0.160. The molecule has 1 N–H and O–H groups in total. The number of aromatic nitrogens is 1. The van der Waals surface area contributed by atoms with Gasteiger partial charge in [0.25, 0.3) is 5.91 Å². The minimum absolute atomic E-state index is 0.0221. The molecule has 10 heteroatoms. The van der Waals surface area contributed by atoms with Crippen molar-refractivity contribution in [1.29, 1.82) is 0 Å². The van der Waals surface area contributed by atoms with Gasteiger partial charge in [0.15, 0.2) is 11.7 Å². The Balaban J connectivity index is 1.29. The highest BCUT2D eigenvalue weighted by molar-refractivity contribution is 7.14. The Kier molecular flexibility index (Phi) is 7.63. The van der Waals surface area contributed by atoms with Crippen LogP contribution in [-0.2, 0) is 16.1 Å². The summed E-state index contributed by atoms with van der Waals surface area (Å²) >= 11 is 1.23. The maximum absolute atomic E-state index is 12.3. The number of benzene rings is 2. The molecule has 0 aliphatic rings. The van der Waals surface area contributed by atoms with E-state index in [9.17, 15) is 9.59 Å². The Morgan fingerprint density at radius 3 is 2.60 bits per heavy atom. The number of anilines is 1. The Bertz CT molecular complexity index is 1300. The lowest BCUT2D eigenvalue weighted by Gasteiger charge is -2.08. The van der Waals surface area contributed by atoms with E-state index in [0.29, 0.717) is 33.8 Å². The molecule has 0 radical (unpaired) electrons. The van der Waals surface area contributed by atoms with Gasteiger partial charge in [0.05, 0.1) is 19.9 Å². The van der Waals surface area contributed by atoms with Gasteiger partial charge in [-0.05, 0) is 42.5 Å². The van der Waals surface area contributed by atoms with Crippen LogP contribution in [0.25, 0.3) is 11.3 Å². The number of amides is 1. The van der Waals surface area contributed by atoms with E-state index in [2.05, 4.69) is 10.3 Å². The summed E-state index contributed by atoms with van der Waals surface area (Å²) in [5.41, 5.74) is 1.33. The molecular formula is C25H22N2O7S. The molecule has 1 amide bonds. The monoisotopic (exact) mass is 494 g/mol. The highest BCUT2D eigenvalue weighted by atomic mass is 32.1. The van der Waals surface area contributed by atoms with Crippen LogP contribution in [0.1, 0.15) is 16.3 Å². The zero-order valence-electron chi connectivity index (χ0n) is 19.0. The average molecular weight is 495 g/mol. The van der Waals surface area contributed by atoms with Gasteiger partial charge in [0, 0.05) is 10.9 Å². The van der Waals surface area contributed by atoms with Crippen LogP contribution < -0.4 is 19.5 Å². The van der Waals surface area contributed by atoms with Crippen molar-refractivity contribution in [3.8, 4) is 28.5 Å². The second-order valence-corrected chi connectivity index (χ2v) is 7.95. The summed E-state index contributed by atoms with van der Waals surface area (Å²) in [7, 11) is 3.13. The number of para-hydroxylation sites is 1. The molecule has 35 heavy (non-hydrogen) atoms. The lowest BCUT2D eigenvalue weighted by molar-refractivity contribution is -0.119. The Labute approximate surface area is 205 Å². The number of esters is 1. The van der Waals surface area contributed by atoms with Crippen LogP contribution >= 0.6 is 11.3 Å². The largest absolute Gasteiger partial charge is 0.497 e. The molecule has 0 bridgehead atoms. The third-order valence-electron chi connectivity index (χ3n) is 4.75. The van der Waals surface area contributed by atoms with Gasteiger partial charge in [0.1, 0.15) is 29.6 Å². The van der Waals surface area contributed by atoms with Gasteiger partial charge >= 0.3 is 5.97 Å². The summed E-state index contributed by atoms with van der Waals surface area (Å²) in [6.45, 7) is -0.338. The van der Waals surface area contributed by atoms with Gasteiger partial charge in [0.2, 0.25) is 5.76 Å². The average Bonchev–Trinajstić information content (AvgIpc) is 3.56. The van der Waals surface area contributed by atoms with Crippen LogP contribution in [0.2, 0.25) is 0 Å². The fourth-order valence-electron chi connectivity index (χ4n) is 3.06. The highest BCUT2D eigenvalue weighted by Gasteiger charge is 2.17. The first-order valence-corrected chi connectivity index (χ1v) is 11.3. The SMILES string of the molecule is COc1ccc(OC)c(-c2csc(NC(=O)COC(=O)c3ccc(COc4ccccc4)o3)n2)c1. The summed E-state index contributed by atoms with van der Waals surface area (Å²) in [5.74, 6) is 1.09. The number of carbonyl (C=O) groups is 2. The maximum atomic E-state index is 12.3.